The molecule has 86 valence electrons. The molecule has 0 bridgehead atoms. The van der Waals surface area contributed by atoms with Gasteiger partial charge in [0.1, 0.15) is 9.23 Å². The average molecular weight is 274 g/mol. The van der Waals surface area contributed by atoms with Crippen molar-refractivity contribution < 1.29 is 9.59 Å². The number of hydrogen-bond acceptors (Lipinski definition) is 5. The number of likely N-dealkylation sites (N-methyl/N-ethyl adjacent to an activating group) is 1. The molecule has 0 aromatic heterocycles. The molecule has 2 amide bonds. The maximum Gasteiger partial charge on any atom is 0.268 e. The van der Waals surface area contributed by atoms with Crippen LogP contribution >= 0.6 is 35.7 Å². The molecule has 4 nitrogen and oxygen atoms in total. The van der Waals surface area contributed by atoms with Crippen molar-refractivity contribution in [3.63, 3.8) is 0 Å². The van der Waals surface area contributed by atoms with Crippen molar-refractivity contribution >= 4 is 51.9 Å². The second-order valence-electron chi connectivity index (χ2n) is 3.29. The van der Waals surface area contributed by atoms with Crippen LogP contribution in [0.4, 0.5) is 0 Å². The van der Waals surface area contributed by atoms with E-state index in [0.29, 0.717) is 21.5 Å². The largest absolute Gasteiger partial charge is 0.308 e. The van der Waals surface area contributed by atoms with Gasteiger partial charge >= 0.3 is 0 Å². The van der Waals surface area contributed by atoms with Crippen LogP contribution in [-0.4, -0.2) is 45.3 Å². The maximum atomic E-state index is 12.0. The van der Waals surface area contributed by atoms with Gasteiger partial charge in [-0.05, 0) is 6.92 Å². The topological polar surface area (TPSA) is 40.6 Å². The Bertz CT molecular complexity index is 419. The van der Waals surface area contributed by atoms with Crippen molar-refractivity contribution in [1.29, 1.82) is 0 Å². The predicted molar refractivity (Wildman–Crippen MR) is 69.8 cm³/mol. The van der Waals surface area contributed by atoms with Gasteiger partial charge in [-0.15, -0.1) is 0 Å². The molecule has 2 aliphatic heterocycles. The van der Waals surface area contributed by atoms with Crippen molar-refractivity contribution in [2.75, 3.05) is 19.3 Å². The molecule has 7 heteroatoms. The van der Waals surface area contributed by atoms with Crippen molar-refractivity contribution in [3.8, 4) is 0 Å². The molecule has 2 rings (SSSR count). The van der Waals surface area contributed by atoms with Gasteiger partial charge in [0.25, 0.3) is 5.91 Å². The van der Waals surface area contributed by atoms with Crippen molar-refractivity contribution in [2.45, 2.75) is 6.92 Å². The van der Waals surface area contributed by atoms with Crippen LogP contribution in [0.25, 0.3) is 0 Å². The Hall–Kier alpha value is -0.530. The Kier molecular flexibility index (Phi) is 3.27. The van der Waals surface area contributed by atoms with Gasteiger partial charge in [0.2, 0.25) is 5.91 Å². The summed E-state index contributed by atoms with van der Waals surface area (Å²) in [4.78, 5) is 27.1. The summed E-state index contributed by atoms with van der Waals surface area (Å²) in [6, 6.07) is 0. The lowest BCUT2D eigenvalue weighted by atomic mass is 10.4. The second-order valence-corrected chi connectivity index (χ2v) is 5.90. The lowest BCUT2D eigenvalue weighted by Crippen LogP contribution is -2.28. The summed E-state index contributed by atoms with van der Waals surface area (Å²) in [5.74, 6) is 0.352. The molecule has 0 radical (unpaired) electrons. The molecule has 2 heterocycles. The molecule has 0 aliphatic carbocycles. The number of carbonyl (C=O) groups excluding carboxylic acids is 2. The normalized spacial score (nSPS) is 26.2. The monoisotopic (exact) mass is 274 g/mol. The SMILES string of the molecule is CCN1C(=O)/C(=C2\SCC(=O)N2C)SC1=S. The summed E-state index contributed by atoms with van der Waals surface area (Å²) in [6.07, 6.45) is 0. The quantitative estimate of drug-likeness (QED) is 0.531. The molecule has 0 N–H and O–H groups in total. The highest BCUT2D eigenvalue weighted by atomic mass is 32.2. The van der Waals surface area contributed by atoms with Crippen LogP contribution in [0.3, 0.4) is 0 Å². The van der Waals surface area contributed by atoms with Crippen LogP contribution in [0.15, 0.2) is 9.93 Å². The second kappa shape index (κ2) is 4.38. The number of thioether (sulfide) groups is 2. The summed E-state index contributed by atoms with van der Waals surface area (Å²) in [6.45, 7) is 2.46. The third-order valence-corrected chi connectivity index (χ3v) is 5.08. The summed E-state index contributed by atoms with van der Waals surface area (Å²) >= 11 is 7.80. The molecule has 0 atom stereocenters. The Morgan fingerprint density at radius 1 is 1.44 bits per heavy atom. The van der Waals surface area contributed by atoms with Gasteiger partial charge in [-0.3, -0.25) is 14.5 Å². The summed E-state index contributed by atoms with van der Waals surface area (Å²) in [7, 11) is 1.69. The van der Waals surface area contributed by atoms with Crippen LogP contribution in [0, 0.1) is 0 Å². The van der Waals surface area contributed by atoms with Crippen molar-refractivity contribution in [2.24, 2.45) is 0 Å². The summed E-state index contributed by atoms with van der Waals surface area (Å²) < 4.78 is 0.573. The third-order valence-electron chi connectivity index (χ3n) is 2.37. The Morgan fingerprint density at radius 2 is 2.12 bits per heavy atom. The number of carbonyl (C=O) groups is 2. The molecule has 0 unspecified atom stereocenters. The highest BCUT2D eigenvalue weighted by Crippen LogP contribution is 2.40. The van der Waals surface area contributed by atoms with Gasteiger partial charge in [0.05, 0.1) is 10.8 Å². The van der Waals surface area contributed by atoms with Gasteiger partial charge < -0.3 is 4.90 Å². The van der Waals surface area contributed by atoms with Crippen molar-refractivity contribution in [1.82, 2.24) is 9.80 Å². The highest BCUT2D eigenvalue weighted by molar-refractivity contribution is 8.27. The predicted octanol–water partition coefficient (Wildman–Crippen LogP) is 1.24. The summed E-state index contributed by atoms with van der Waals surface area (Å²) in [5, 5.41) is 0.735. The fraction of sp³-hybridized carbons (Fsp3) is 0.444. The van der Waals surface area contributed by atoms with Gasteiger partial charge in [0, 0.05) is 13.6 Å². The molecular weight excluding hydrogens is 264 g/mol. The van der Waals surface area contributed by atoms with Crippen LogP contribution < -0.4 is 0 Å². The molecule has 0 saturated carbocycles. The van der Waals surface area contributed by atoms with Gasteiger partial charge in [-0.25, -0.2) is 0 Å². The molecule has 0 aromatic rings. The Balaban J connectivity index is 2.36. The smallest absolute Gasteiger partial charge is 0.268 e. The molecule has 16 heavy (non-hydrogen) atoms. The standard InChI is InChI=1S/C9H10N2O2S3/c1-3-11-7(13)6(16-9(11)14)8-10(2)5(12)4-15-8/h3-4H2,1-2H3/b8-6+. The maximum absolute atomic E-state index is 12.0. The summed E-state index contributed by atoms with van der Waals surface area (Å²) in [5.41, 5.74) is 0. The lowest BCUT2D eigenvalue weighted by molar-refractivity contribution is -0.124. The van der Waals surface area contributed by atoms with E-state index in [1.807, 2.05) is 6.92 Å². The fourth-order valence-corrected chi connectivity index (χ4v) is 4.10. The molecule has 0 spiro atoms. The van der Waals surface area contributed by atoms with Gasteiger partial charge in [0.15, 0.2) is 0 Å². The van der Waals surface area contributed by atoms with Gasteiger partial charge in [-0.1, -0.05) is 35.7 Å². The van der Waals surface area contributed by atoms with E-state index in [1.165, 1.54) is 28.4 Å². The van der Waals surface area contributed by atoms with Crippen LogP contribution in [0.1, 0.15) is 6.92 Å². The first-order chi connectivity index (χ1) is 7.56. The minimum atomic E-state index is -0.0819. The number of rotatable bonds is 1. The first kappa shape index (κ1) is 11.9. The van der Waals surface area contributed by atoms with E-state index in [0.717, 1.165) is 5.03 Å². The zero-order valence-electron chi connectivity index (χ0n) is 8.85. The number of hydrogen-bond donors (Lipinski definition) is 0. The third kappa shape index (κ3) is 1.76. The minimum Gasteiger partial charge on any atom is -0.308 e. The van der Waals surface area contributed by atoms with Gasteiger partial charge in [-0.2, -0.15) is 0 Å². The van der Waals surface area contributed by atoms with Crippen LogP contribution in [0.5, 0.6) is 0 Å². The molecule has 2 aliphatic rings. The average Bonchev–Trinajstić information content (AvgIpc) is 2.70. The van der Waals surface area contributed by atoms with Crippen LogP contribution in [-0.2, 0) is 9.59 Å². The Morgan fingerprint density at radius 3 is 2.56 bits per heavy atom. The fourth-order valence-electron chi connectivity index (χ4n) is 1.45. The van der Waals surface area contributed by atoms with E-state index in [1.54, 1.807) is 11.9 Å². The Labute approximate surface area is 107 Å². The van der Waals surface area contributed by atoms with E-state index >= 15 is 0 Å². The zero-order valence-corrected chi connectivity index (χ0v) is 11.3. The lowest BCUT2D eigenvalue weighted by Gasteiger charge is -2.12. The minimum absolute atomic E-state index is 0.0294. The molecule has 2 fully saturated rings. The first-order valence-corrected chi connectivity index (χ1v) is 6.94. The van der Waals surface area contributed by atoms with E-state index < -0.39 is 0 Å². The van der Waals surface area contributed by atoms with E-state index in [2.05, 4.69) is 0 Å². The van der Waals surface area contributed by atoms with E-state index in [9.17, 15) is 9.59 Å². The highest BCUT2D eigenvalue weighted by Gasteiger charge is 2.37. The zero-order chi connectivity index (χ0) is 11.9. The van der Waals surface area contributed by atoms with E-state index in [-0.39, 0.29) is 11.8 Å². The van der Waals surface area contributed by atoms with Crippen molar-refractivity contribution in [3.05, 3.63) is 9.93 Å². The molecule has 0 aromatic carbocycles. The number of thiocarbonyl (C=S) groups is 1. The first-order valence-electron chi connectivity index (χ1n) is 4.73. The number of amides is 2. The van der Waals surface area contributed by atoms with E-state index in [4.69, 9.17) is 12.2 Å². The molecular formula is C9H10N2O2S3. The number of nitrogens with zero attached hydrogens (tertiary/aromatic N) is 2. The van der Waals surface area contributed by atoms with Crippen LogP contribution in [0.2, 0.25) is 0 Å². The molecule has 2 saturated heterocycles.